The van der Waals surface area contributed by atoms with E-state index in [1.54, 1.807) is 0 Å². The van der Waals surface area contributed by atoms with Gasteiger partial charge in [-0.05, 0) is 31.5 Å². The summed E-state index contributed by atoms with van der Waals surface area (Å²) in [4.78, 5) is 3.96. The molecule has 0 spiro atoms. The number of hydrogen-bond acceptors (Lipinski definition) is 2. The van der Waals surface area contributed by atoms with Gasteiger partial charge in [-0.3, -0.25) is 5.57 Å². The van der Waals surface area contributed by atoms with Crippen LogP contribution in [0.5, 0.6) is 0 Å². The lowest BCUT2D eigenvalue weighted by molar-refractivity contribution is 0.666. The first-order chi connectivity index (χ1) is 10.0. The lowest BCUT2D eigenvalue weighted by atomic mass is 9.82. The smallest absolute Gasteiger partial charge is 0.0618 e. The van der Waals surface area contributed by atoms with Gasteiger partial charge in [0.1, 0.15) is 0 Å². The van der Waals surface area contributed by atoms with Crippen LogP contribution in [0.2, 0.25) is 0 Å². The highest BCUT2D eigenvalue weighted by Crippen LogP contribution is 2.33. The van der Waals surface area contributed by atoms with Gasteiger partial charge in [-0.15, -0.1) is 12.2 Å². The molecule has 2 rings (SSSR count). The van der Waals surface area contributed by atoms with Crippen LogP contribution < -0.4 is 0 Å². The largest absolute Gasteiger partial charge is 0.252 e. The van der Waals surface area contributed by atoms with Crippen molar-refractivity contribution in [1.82, 2.24) is 0 Å². The SMILES string of the molecule is C=C1C=C(N=C=S)[CH-]C=C1[CH-]C=C1C(=C)C=C(C)CC1C. The highest BCUT2D eigenvalue weighted by molar-refractivity contribution is 7.78. The van der Waals surface area contributed by atoms with E-state index in [9.17, 15) is 0 Å². The predicted molar refractivity (Wildman–Crippen MR) is 93.7 cm³/mol. The molecule has 21 heavy (non-hydrogen) atoms. The van der Waals surface area contributed by atoms with Gasteiger partial charge >= 0.3 is 0 Å². The molecule has 0 radical (unpaired) electrons. The molecule has 0 saturated carbocycles. The fraction of sp³-hybridized carbons (Fsp3) is 0.211. The molecule has 0 fully saturated rings. The number of hydrogen-bond donors (Lipinski definition) is 0. The Morgan fingerprint density at radius 1 is 1.43 bits per heavy atom. The van der Waals surface area contributed by atoms with E-state index in [4.69, 9.17) is 0 Å². The van der Waals surface area contributed by atoms with Crippen molar-refractivity contribution in [2.24, 2.45) is 10.9 Å². The van der Waals surface area contributed by atoms with Gasteiger partial charge in [0.15, 0.2) is 0 Å². The summed E-state index contributed by atoms with van der Waals surface area (Å²) >= 11 is 4.61. The summed E-state index contributed by atoms with van der Waals surface area (Å²) in [6.45, 7) is 12.6. The van der Waals surface area contributed by atoms with E-state index in [0.29, 0.717) is 5.92 Å². The lowest BCUT2D eigenvalue weighted by Crippen LogP contribution is -2.08. The summed E-state index contributed by atoms with van der Waals surface area (Å²) in [5.74, 6) is 0.505. The first-order valence-corrected chi connectivity index (χ1v) is 7.37. The topological polar surface area (TPSA) is 12.4 Å². The fourth-order valence-electron chi connectivity index (χ4n) is 2.68. The fourth-order valence-corrected chi connectivity index (χ4v) is 2.78. The Morgan fingerprint density at radius 2 is 2.19 bits per heavy atom. The number of rotatable bonds is 3. The Hall–Kier alpha value is -2.02. The van der Waals surface area contributed by atoms with Crippen LogP contribution in [0.15, 0.2) is 76.0 Å². The number of thiocarbonyl (C=S) groups is 1. The van der Waals surface area contributed by atoms with Crippen molar-refractivity contribution in [3.63, 3.8) is 0 Å². The van der Waals surface area contributed by atoms with Crippen molar-refractivity contribution in [2.45, 2.75) is 20.3 Å². The van der Waals surface area contributed by atoms with Crippen LogP contribution in [0.25, 0.3) is 0 Å². The van der Waals surface area contributed by atoms with E-state index < -0.39 is 0 Å². The summed E-state index contributed by atoms with van der Waals surface area (Å²) < 4.78 is 0. The van der Waals surface area contributed by atoms with Crippen LogP contribution in [-0.4, -0.2) is 5.16 Å². The second kappa shape index (κ2) is 6.62. The summed E-state index contributed by atoms with van der Waals surface area (Å²) in [5.41, 5.74) is 6.59. The third-order valence-corrected chi connectivity index (χ3v) is 3.79. The minimum Gasteiger partial charge on any atom is -0.252 e. The van der Waals surface area contributed by atoms with Crippen LogP contribution in [0, 0.1) is 18.8 Å². The molecule has 108 valence electrons. The van der Waals surface area contributed by atoms with E-state index in [2.05, 4.69) is 67.9 Å². The van der Waals surface area contributed by atoms with Crippen LogP contribution >= 0.6 is 12.2 Å². The van der Waals surface area contributed by atoms with E-state index in [0.717, 1.165) is 28.8 Å². The second-order valence-corrected chi connectivity index (χ2v) is 5.68. The highest BCUT2D eigenvalue weighted by Gasteiger charge is 2.12. The minimum atomic E-state index is 0.505. The summed E-state index contributed by atoms with van der Waals surface area (Å²) in [7, 11) is 0. The maximum absolute atomic E-state index is 4.61. The number of nitrogens with zero attached hydrogens (tertiary/aromatic N) is 1. The molecule has 2 aliphatic rings. The molecule has 0 bridgehead atoms. The summed E-state index contributed by atoms with van der Waals surface area (Å²) in [6.07, 6.45) is 13.3. The second-order valence-electron chi connectivity index (χ2n) is 5.50. The van der Waals surface area contributed by atoms with Gasteiger partial charge in [0, 0.05) is 0 Å². The molecular weight excluding hydrogens is 274 g/mol. The van der Waals surface area contributed by atoms with E-state index in [-0.39, 0.29) is 0 Å². The lowest BCUT2D eigenvalue weighted by Gasteiger charge is -2.31. The molecule has 1 nitrogen and oxygen atoms in total. The molecule has 0 amide bonds. The van der Waals surface area contributed by atoms with Crippen molar-refractivity contribution < 1.29 is 0 Å². The molecule has 0 aliphatic heterocycles. The Bertz CT molecular complexity index is 649. The van der Waals surface area contributed by atoms with E-state index >= 15 is 0 Å². The number of isothiocyanates is 1. The molecule has 0 heterocycles. The maximum Gasteiger partial charge on any atom is 0.0618 e. The molecule has 0 saturated heterocycles. The van der Waals surface area contributed by atoms with Crippen molar-refractivity contribution in [2.75, 3.05) is 0 Å². The van der Waals surface area contributed by atoms with Gasteiger partial charge in [0.2, 0.25) is 0 Å². The zero-order chi connectivity index (χ0) is 15.4. The van der Waals surface area contributed by atoms with Gasteiger partial charge in [0.05, 0.1) is 5.16 Å². The first-order valence-electron chi connectivity index (χ1n) is 6.96. The van der Waals surface area contributed by atoms with Crippen molar-refractivity contribution in [3.8, 4) is 0 Å². The molecule has 2 heteroatoms. The molecule has 0 N–H and O–H groups in total. The van der Waals surface area contributed by atoms with E-state index in [1.165, 1.54) is 11.1 Å². The molecule has 2 aliphatic carbocycles. The normalized spacial score (nSPS) is 23.6. The Balaban J connectivity index is 2.10. The first kappa shape index (κ1) is 15.4. The third-order valence-electron chi connectivity index (χ3n) is 3.69. The van der Waals surface area contributed by atoms with Gasteiger partial charge in [-0.2, -0.15) is 31.6 Å². The molecule has 0 aromatic carbocycles. The van der Waals surface area contributed by atoms with Crippen molar-refractivity contribution >= 4 is 17.4 Å². The quantitative estimate of drug-likeness (QED) is 0.388. The Labute approximate surface area is 132 Å². The molecule has 0 aromatic rings. The van der Waals surface area contributed by atoms with Crippen molar-refractivity contribution in [1.29, 1.82) is 0 Å². The van der Waals surface area contributed by atoms with Gasteiger partial charge < -0.3 is 0 Å². The summed E-state index contributed by atoms with van der Waals surface area (Å²) in [6, 6.07) is 0. The van der Waals surface area contributed by atoms with Gasteiger partial charge in [-0.1, -0.05) is 29.8 Å². The molecular formula is C19H19NS-2. The van der Waals surface area contributed by atoms with Gasteiger partial charge in [0.25, 0.3) is 0 Å². The van der Waals surface area contributed by atoms with Gasteiger partial charge in [-0.25, -0.2) is 16.6 Å². The minimum absolute atomic E-state index is 0.505. The Morgan fingerprint density at radius 3 is 2.81 bits per heavy atom. The van der Waals surface area contributed by atoms with Crippen LogP contribution in [0.1, 0.15) is 20.3 Å². The predicted octanol–water partition coefficient (Wildman–Crippen LogP) is 5.35. The van der Waals surface area contributed by atoms with Crippen LogP contribution in [0.3, 0.4) is 0 Å². The molecule has 1 unspecified atom stereocenters. The average Bonchev–Trinajstić information content (AvgIpc) is 2.40. The third kappa shape index (κ3) is 3.75. The Kier molecular flexibility index (Phi) is 4.85. The zero-order valence-electron chi connectivity index (χ0n) is 12.5. The van der Waals surface area contributed by atoms with Crippen LogP contribution in [-0.2, 0) is 0 Å². The standard InChI is InChI=1S/C19H19NS/c1-13-9-15(3)19(16(4)10-13)8-6-17-5-7-18(20-12-21)11-14(17)2/h5-9,11,16H,2-3,10H2,1,4H3/q-2. The zero-order valence-corrected chi connectivity index (χ0v) is 13.3. The average molecular weight is 293 g/mol. The van der Waals surface area contributed by atoms with Crippen molar-refractivity contribution in [3.05, 3.63) is 83.9 Å². The number of allylic oxidation sites excluding steroid dienone is 9. The highest BCUT2D eigenvalue weighted by atomic mass is 32.1. The summed E-state index contributed by atoms with van der Waals surface area (Å²) in [5, 5.41) is 2.37. The molecule has 0 aromatic heterocycles. The van der Waals surface area contributed by atoms with E-state index in [1.807, 2.05) is 18.6 Å². The molecule has 1 atom stereocenters. The maximum atomic E-state index is 4.61. The monoisotopic (exact) mass is 293 g/mol. The van der Waals surface area contributed by atoms with Crippen LogP contribution in [0.4, 0.5) is 0 Å². The number of aliphatic imine (C=N–C) groups is 1.